The Balaban J connectivity index is 2.90. The Labute approximate surface area is 91.2 Å². The van der Waals surface area contributed by atoms with Crippen molar-refractivity contribution in [3.8, 4) is 5.75 Å². The summed E-state index contributed by atoms with van der Waals surface area (Å²) in [6.07, 6.45) is 1.91. The van der Waals surface area contributed by atoms with Crippen LogP contribution in [0.25, 0.3) is 0 Å². The summed E-state index contributed by atoms with van der Waals surface area (Å²) < 4.78 is 5.64. The second-order valence-corrected chi connectivity index (χ2v) is 3.52. The van der Waals surface area contributed by atoms with E-state index in [2.05, 4.69) is 6.58 Å². The molecule has 0 radical (unpaired) electrons. The minimum Gasteiger partial charge on any atom is -0.486 e. The summed E-state index contributed by atoms with van der Waals surface area (Å²) in [4.78, 5) is 0. The molecule has 82 valence electrons. The third-order valence-electron chi connectivity index (χ3n) is 2.31. The van der Waals surface area contributed by atoms with E-state index in [9.17, 15) is 5.11 Å². The second-order valence-electron chi connectivity index (χ2n) is 3.52. The van der Waals surface area contributed by atoms with Gasteiger partial charge in [-0.3, -0.25) is 0 Å². The fourth-order valence-corrected chi connectivity index (χ4v) is 1.33. The number of aliphatic hydroxyl groups excluding tert-OH is 1. The molecule has 2 atom stereocenters. The van der Waals surface area contributed by atoms with Gasteiger partial charge in [0.2, 0.25) is 0 Å². The van der Waals surface area contributed by atoms with Crippen molar-refractivity contribution < 1.29 is 9.84 Å². The summed E-state index contributed by atoms with van der Waals surface area (Å²) in [7, 11) is 0. The zero-order valence-electron chi connectivity index (χ0n) is 9.31. The largest absolute Gasteiger partial charge is 0.486 e. The molecule has 2 heteroatoms. The molecule has 1 rings (SSSR count). The van der Waals surface area contributed by atoms with Crippen LogP contribution >= 0.6 is 0 Å². The van der Waals surface area contributed by atoms with Gasteiger partial charge in [0.25, 0.3) is 0 Å². The van der Waals surface area contributed by atoms with Crippen LogP contribution in [0.1, 0.15) is 31.9 Å². The summed E-state index contributed by atoms with van der Waals surface area (Å²) >= 11 is 0. The highest BCUT2D eigenvalue weighted by Crippen LogP contribution is 2.27. The average Bonchev–Trinajstić information content (AvgIpc) is 2.28. The molecule has 0 fully saturated rings. The van der Waals surface area contributed by atoms with Crippen molar-refractivity contribution in [3.63, 3.8) is 0 Å². The van der Waals surface area contributed by atoms with E-state index in [-0.39, 0.29) is 6.10 Å². The molecule has 1 N–H and O–H groups in total. The second kappa shape index (κ2) is 5.56. The van der Waals surface area contributed by atoms with E-state index in [1.54, 1.807) is 6.08 Å². The third-order valence-corrected chi connectivity index (χ3v) is 2.31. The van der Waals surface area contributed by atoms with Crippen molar-refractivity contribution in [1.82, 2.24) is 0 Å². The predicted molar refractivity (Wildman–Crippen MR) is 62.0 cm³/mol. The van der Waals surface area contributed by atoms with E-state index in [0.29, 0.717) is 6.42 Å². The van der Waals surface area contributed by atoms with Crippen molar-refractivity contribution in [2.45, 2.75) is 32.5 Å². The maximum absolute atomic E-state index is 9.79. The van der Waals surface area contributed by atoms with Gasteiger partial charge >= 0.3 is 0 Å². The number of benzene rings is 1. The van der Waals surface area contributed by atoms with Crippen LogP contribution in [0.4, 0.5) is 0 Å². The van der Waals surface area contributed by atoms with Crippen LogP contribution in [-0.4, -0.2) is 11.2 Å². The van der Waals surface area contributed by atoms with Gasteiger partial charge in [-0.25, -0.2) is 0 Å². The highest BCUT2D eigenvalue weighted by atomic mass is 16.5. The first-order chi connectivity index (χ1) is 7.19. The first kappa shape index (κ1) is 11.8. The molecule has 1 aromatic carbocycles. The molecular formula is C13H18O2. The zero-order valence-corrected chi connectivity index (χ0v) is 9.31. The van der Waals surface area contributed by atoms with Gasteiger partial charge in [-0.1, -0.05) is 37.8 Å². The van der Waals surface area contributed by atoms with Crippen LogP contribution in [0.15, 0.2) is 36.9 Å². The minimum absolute atomic E-state index is 0.0461. The third kappa shape index (κ3) is 3.10. The Morgan fingerprint density at radius 1 is 1.47 bits per heavy atom. The molecule has 0 heterocycles. The summed E-state index contributed by atoms with van der Waals surface area (Å²) in [5.41, 5.74) is 0.841. The van der Waals surface area contributed by atoms with E-state index in [0.717, 1.165) is 11.3 Å². The van der Waals surface area contributed by atoms with Gasteiger partial charge in [0, 0.05) is 5.56 Å². The van der Waals surface area contributed by atoms with Gasteiger partial charge in [-0.05, 0) is 19.4 Å². The van der Waals surface area contributed by atoms with E-state index in [4.69, 9.17) is 4.74 Å². The molecule has 0 amide bonds. The maximum atomic E-state index is 9.79. The van der Waals surface area contributed by atoms with Crippen molar-refractivity contribution in [3.05, 3.63) is 42.5 Å². The fraction of sp³-hybridized carbons (Fsp3) is 0.385. The molecule has 0 bridgehead atoms. The molecule has 0 aliphatic carbocycles. The summed E-state index contributed by atoms with van der Waals surface area (Å²) in [6, 6.07) is 7.56. The number of hydrogen-bond acceptors (Lipinski definition) is 2. The lowest BCUT2D eigenvalue weighted by Gasteiger charge is -2.17. The predicted octanol–water partition coefficient (Wildman–Crippen LogP) is 3.08. The normalized spacial score (nSPS) is 14.3. The topological polar surface area (TPSA) is 29.5 Å². The molecule has 0 aromatic heterocycles. The van der Waals surface area contributed by atoms with Crippen molar-refractivity contribution in [1.29, 1.82) is 0 Å². The molecule has 0 aliphatic heterocycles. The maximum Gasteiger partial charge on any atom is 0.125 e. The zero-order chi connectivity index (χ0) is 11.3. The summed E-state index contributed by atoms with van der Waals surface area (Å²) in [5, 5.41) is 9.79. The molecule has 2 nitrogen and oxygen atoms in total. The number of para-hydroxylation sites is 1. The quantitative estimate of drug-likeness (QED) is 0.750. The van der Waals surface area contributed by atoms with E-state index >= 15 is 0 Å². The fourth-order valence-electron chi connectivity index (χ4n) is 1.33. The number of aliphatic hydroxyl groups is 1. The Kier molecular flexibility index (Phi) is 4.37. The lowest BCUT2D eigenvalue weighted by molar-refractivity contribution is 0.164. The minimum atomic E-state index is -0.460. The van der Waals surface area contributed by atoms with E-state index in [1.807, 2.05) is 38.1 Å². The molecule has 15 heavy (non-hydrogen) atoms. The van der Waals surface area contributed by atoms with Crippen LogP contribution in [0.2, 0.25) is 0 Å². The number of rotatable bonds is 5. The lowest BCUT2D eigenvalue weighted by Crippen LogP contribution is -2.10. The Hall–Kier alpha value is -1.28. The first-order valence-corrected chi connectivity index (χ1v) is 5.25. The summed E-state index contributed by atoms with van der Waals surface area (Å²) in [6.45, 7) is 7.53. The average molecular weight is 206 g/mol. The molecule has 0 aliphatic rings. The van der Waals surface area contributed by atoms with Gasteiger partial charge < -0.3 is 9.84 Å². The van der Waals surface area contributed by atoms with E-state index < -0.39 is 6.10 Å². The Morgan fingerprint density at radius 3 is 2.73 bits per heavy atom. The molecule has 0 spiro atoms. The van der Waals surface area contributed by atoms with E-state index in [1.165, 1.54) is 0 Å². The standard InChI is InChI=1S/C13H18O2/c1-4-10(3)15-13-9-7-6-8-11(13)12(14)5-2/h4,6-10,12,14H,1,5H2,2-3H3/t10?,12-/m1/s1. The molecule has 1 aromatic rings. The van der Waals surface area contributed by atoms with Crippen molar-refractivity contribution in [2.24, 2.45) is 0 Å². The van der Waals surface area contributed by atoms with Gasteiger partial charge in [0.1, 0.15) is 11.9 Å². The van der Waals surface area contributed by atoms with Crippen LogP contribution in [0.5, 0.6) is 5.75 Å². The van der Waals surface area contributed by atoms with Crippen molar-refractivity contribution >= 4 is 0 Å². The van der Waals surface area contributed by atoms with Crippen LogP contribution in [-0.2, 0) is 0 Å². The number of ether oxygens (including phenoxy) is 1. The molecule has 1 unspecified atom stereocenters. The molecule has 0 saturated carbocycles. The van der Waals surface area contributed by atoms with Crippen LogP contribution in [0.3, 0.4) is 0 Å². The van der Waals surface area contributed by atoms with Gasteiger partial charge in [0.15, 0.2) is 0 Å². The van der Waals surface area contributed by atoms with Gasteiger partial charge in [0.05, 0.1) is 6.10 Å². The van der Waals surface area contributed by atoms with Crippen molar-refractivity contribution in [2.75, 3.05) is 0 Å². The van der Waals surface area contributed by atoms with Crippen LogP contribution in [0, 0.1) is 0 Å². The summed E-state index contributed by atoms with van der Waals surface area (Å²) in [5.74, 6) is 0.735. The first-order valence-electron chi connectivity index (χ1n) is 5.25. The lowest BCUT2D eigenvalue weighted by atomic mass is 10.1. The highest BCUT2D eigenvalue weighted by Gasteiger charge is 2.11. The Morgan fingerprint density at radius 2 is 2.13 bits per heavy atom. The molecular weight excluding hydrogens is 188 g/mol. The smallest absolute Gasteiger partial charge is 0.125 e. The SMILES string of the molecule is C=CC(C)Oc1ccccc1[C@H](O)CC. The number of hydrogen-bond donors (Lipinski definition) is 1. The van der Waals surface area contributed by atoms with Gasteiger partial charge in [-0.15, -0.1) is 0 Å². The molecule has 0 saturated heterocycles. The monoisotopic (exact) mass is 206 g/mol. The van der Waals surface area contributed by atoms with Gasteiger partial charge in [-0.2, -0.15) is 0 Å². The Bertz CT molecular complexity index is 320. The highest BCUT2D eigenvalue weighted by molar-refractivity contribution is 5.35. The van der Waals surface area contributed by atoms with Crippen LogP contribution < -0.4 is 4.74 Å².